The standard InChI is InChI=1S/C14H20NS4/c1-15-11(9-13(16-2)17-3)7-6-8-12(15)10-14(18-4)19-5/h6-10H,1-5H3/q+1. The highest BCUT2D eigenvalue weighted by molar-refractivity contribution is 8.22. The second kappa shape index (κ2) is 9.06. The van der Waals surface area contributed by atoms with Crippen molar-refractivity contribution < 1.29 is 4.57 Å². The van der Waals surface area contributed by atoms with E-state index < -0.39 is 0 Å². The highest BCUT2D eigenvalue weighted by Crippen LogP contribution is 2.27. The lowest BCUT2D eigenvalue weighted by Gasteiger charge is -2.03. The second-order valence-corrected chi connectivity index (χ2v) is 7.59. The van der Waals surface area contributed by atoms with Crippen molar-refractivity contribution in [3.8, 4) is 0 Å². The van der Waals surface area contributed by atoms with Crippen LogP contribution < -0.4 is 4.57 Å². The molecule has 0 bridgehead atoms. The Morgan fingerprint density at radius 3 is 1.53 bits per heavy atom. The van der Waals surface area contributed by atoms with E-state index in [1.807, 2.05) is 0 Å². The first-order valence-corrected chi connectivity index (χ1v) is 10.6. The van der Waals surface area contributed by atoms with Gasteiger partial charge < -0.3 is 0 Å². The third-order valence-corrected chi connectivity index (χ3v) is 6.73. The number of rotatable bonds is 6. The molecular weight excluding hydrogens is 310 g/mol. The monoisotopic (exact) mass is 330 g/mol. The molecule has 0 fully saturated rings. The first kappa shape index (κ1) is 17.1. The SMILES string of the molecule is CSC(=Cc1cccc(C=C(SC)SC)[n+]1C)SC. The van der Waals surface area contributed by atoms with Crippen molar-refractivity contribution in [3.05, 3.63) is 38.1 Å². The van der Waals surface area contributed by atoms with E-state index in [1.165, 1.54) is 19.9 Å². The van der Waals surface area contributed by atoms with Crippen LogP contribution in [0.1, 0.15) is 11.4 Å². The van der Waals surface area contributed by atoms with Crippen LogP contribution in [0.25, 0.3) is 12.2 Å². The summed E-state index contributed by atoms with van der Waals surface area (Å²) in [4.78, 5) is 0. The van der Waals surface area contributed by atoms with E-state index in [0.717, 1.165) is 0 Å². The summed E-state index contributed by atoms with van der Waals surface area (Å²) in [6.45, 7) is 0. The van der Waals surface area contributed by atoms with Crippen LogP contribution in [0.3, 0.4) is 0 Å². The average molecular weight is 331 g/mol. The van der Waals surface area contributed by atoms with Crippen LogP contribution in [0.2, 0.25) is 0 Å². The van der Waals surface area contributed by atoms with Gasteiger partial charge in [0, 0.05) is 32.8 Å². The van der Waals surface area contributed by atoms with Crippen molar-refractivity contribution in [1.82, 2.24) is 0 Å². The molecule has 0 radical (unpaired) electrons. The van der Waals surface area contributed by atoms with Crippen LogP contribution in [-0.2, 0) is 7.05 Å². The topological polar surface area (TPSA) is 3.88 Å². The predicted octanol–water partition coefficient (Wildman–Crippen LogP) is 4.56. The predicted molar refractivity (Wildman–Crippen MR) is 97.6 cm³/mol. The first-order chi connectivity index (χ1) is 9.15. The zero-order valence-electron chi connectivity index (χ0n) is 12.0. The van der Waals surface area contributed by atoms with Crippen LogP contribution >= 0.6 is 47.0 Å². The number of aromatic nitrogens is 1. The molecule has 1 nitrogen and oxygen atoms in total. The molecule has 0 aliphatic rings. The molecule has 1 aromatic heterocycles. The van der Waals surface area contributed by atoms with Crippen molar-refractivity contribution in [2.24, 2.45) is 7.05 Å². The molecule has 0 aromatic carbocycles. The maximum absolute atomic E-state index is 2.24. The molecule has 1 aromatic rings. The van der Waals surface area contributed by atoms with Gasteiger partial charge in [0.2, 0.25) is 11.4 Å². The number of nitrogens with zero attached hydrogens (tertiary/aromatic N) is 1. The van der Waals surface area contributed by atoms with Gasteiger partial charge in [-0.05, 0) is 31.1 Å². The van der Waals surface area contributed by atoms with E-state index in [9.17, 15) is 0 Å². The number of pyridine rings is 1. The Morgan fingerprint density at radius 1 is 0.842 bits per heavy atom. The molecule has 1 heterocycles. The van der Waals surface area contributed by atoms with Crippen molar-refractivity contribution in [2.45, 2.75) is 0 Å². The van der Waals surface area contributed by atoms with Crippen LogP contribution in [0.4, 0.5) is 0 Å². The van der Waals surface area contributed by atoms with Gasteiger partial charge in [-0.15, -0.1) is 47.0 Å². The maximum atomic E-state index is 2.24. The molecule has 0 aliphatic heterocycles. The highest BCUT2D eigenvalue weighted by atomic mass is 32.2. The minimum absolute atomic E-state index is 1.23. The Hall–Kier alpha value is 0.0300. The van der Waals surface area contributed by atoms with Crippen LogP contribution in [0, 0.1) is 0 Å². The summed E-state index contributed by atoms with van der Waals surface area (Å²) < 4.78 is 4.89. The summed E-state index contributed by atoms with van der Waals surface area (Å²) in [5, 5.41) is 0. The quantitative estimate of drug-likeness (QED) is 0.703. The molecule has 5 heteroatoms. The van der Waals surface area contributed by atoms with Gasteiger partial charge in [-0.2, -0.15) is 4.57 Å². The third-order valence-electron chi connectivity index (χ3n) is 2.64. The number of thioether (sulfide) groups is 4. The van der Waals surface area contributed by atoms with Gasteiger partial charge in [0.25, 0.3) is 0 Å². The largest absolute Gasteiger partial charge is 0.207 e. The van der Waals surface area contributed by atoms with Gasteiger partial charge in [-0.3, -0.25) is 0 Å². The molecule has 0 saturated carbocycles. The first-order valence-electron chi connectivity index (χ1n) is 5.74. The van der Waals surface area contributed by atoms with Gasteiger partial charge in [-0.25, -0.2) is 0 Å². The minimum Gasteiger partial charge on any atom is -0.195 e. The van der Waals surface area contributed by atoms with Gasteiger partial charge in [0.05, 0.1) is 0 Å². The smallest absolute Gasteiger partial charge is 0.195 e. The van der Waals surface area contributed by atoms with E-state index in [-0.39, 0.29) is 0 Å². The maximum Gasteiger partial charge on any atom is 0.207 e. The fourth-order valence-electron chi connectivity index (χ4n) is 1.55. The van der Waals surface area contributed by atoms with Crippen molar-refractivity contribution >= 4 is 59.2 Å². The Balaban J connectivity index is 3.18. The Bertz CT molecular complexity index is 428. The van der Waals surface area contributed by atoms with Crippen LogP contribution in [0.15, 0.2) is 26.7 Å². The van der Waals surface area contributed by atoms with Crippen LogP contribution in [0.5, 0.6) is 0 Å². The lowest BCUT2D eigenvalue weighted by atomic mass is 10.2. The van der Waals surface area contributed by atoms with E-state index in [1.54, 1.807) is 47.0 Å². The summed E-state index contributed by atoms with van der Waals surface area (Å²) in [5.74, 6) is 0. The van der Waals surface area contributed by atoms with Crippen molar-refractivity contribution in [2.75, 3.05) is 25.0 Å². The van der Waals surface area contributed by atoms with Gasteiger partial charge in [0.1, 0.15) is 7.05 Å². The van der Waals surface area contributed by atoms with Gasteiger partial charge >= 0.3 is 0 Å². The highest BCUT2D eigenvalue weighted by Gasteiger charge is 2.10. The van der Waals surface area contributed by atoms with Gasteiger partial charge in [0.15, 0.2) is 0 Å². The lowest BCUT2D eigenvalue weighted by molar-refractivity contribution is -0.675. The third kappa shape index (κ3) is 5.14. The molecule has 104 valence electrons. The number of hydrogen-bond acceptors (Lipinski definition) is 4. The fourth-order valence-corrected chi connectivity index (χ4v) is 3.84. The minimum atomic E-state index is 1.23. The summed E-state index contributed by atoms with van der Waals surface area (Å²) in [7, 11) is 2.12. The summed E-state index contributed by atoms with van der Waals surface area (Å²) >= 11 is 7.16. The van der Waals surface area contributed by atoms with E-state index in [2.05, 4.69) is 67.0 Å². The molecule has 1 rings (SSSR count). The van der Waals surface area contributed by atoms with Crippen molar-refractivity contribution in [1.29, 1.82) is 0 Å². The van der Waals surface area contributed by atoms with E-state index in [0.29, 0.717) is 0 Å². The van der Waals surface area contributed by atoms with E-state index in [4.69, 9.17) is 0 Å². The molecule has 0 atom stereocenters. The molecule has 0 N–H and O–H groups in total. The lowest BCUT2D eigenvalue weighted by Crippen LogP contribution is -2.35. The fraction of sp³-hybridized carbons (Fsp3) is 0.357. The molecular formula is C14H20NS4+. The summed E-state index contributed by atoms with van der Waals surface area (Å²) in [6.07, 6.45) is 12.9. The molecule has 0 amide bonds. The summed E-state index contributed by atoms with van der Waals surface area (Å²) in [6, 6.07) is 6.43. The van der Waals surface area contributed by atoms with E-state index >= 15 is 0 Å². The molecule has 0 spiro atoms. The average Bonchev–Trinajstić information content (AvgIpc) is 2.45. The normalized spacial score (nSPS) is 10.2. The molecule has 0 saturated heterocycles. The number of hydrogen-bond donors (Lipinski definition) is 0. The Labute approximate surface area is 133 Å². The molecule has 0 aliphatic carbocycles. The Kier molecular flexibility index (Phi) is 8.14. The zero-order chi connectivity index (χ0) is 14.3. The van der Waals surface area contributed by atoms with Crippen LogP contribution in [-0.4, -0.2) is 25.0 Å². The molecule has 19 heavy (non-hydrogen) atoms. The van der Waals surface area contributed by atoms with Crippen molar-refractivity contribution in [3.63, 3.8) is 0 Å². The second-order valence-electron chi connectivity index (χ2n) is 3.68. The Morgan fingerprint density at radius 2 is 1.21 bits per heavy atom. The summed E-state index contributed by atoms with van der Waals surface area (Å²) in [5.41, 5.74) is 2.46. The molecule has 0 unspecified atom stereocenters. The zero-order valence-corrected chi connectivity index (χ0v) is 15.2. The van der Waals surface area contributed by atoms with Gasteiger partial charge in [-0.1, -0.05) is 0 Å².